The first-order chi connectivity index (χ1) is 19.7. The fraction of sp³-hybridized carbons (Fsp3) is 0.258. The van der Waals surface area contributed by atoms with E-state index in [4.69, 9.17) is 5.11 Å². The first-order valence-corrected chi connectivity index (χ1v) is 14.4. The van der Waals surface area contributed by atoms with Gasteiger partial charge in [-0.25, -0.2) is 9.59 Å². The maximum absolute atomic E-state index is 13.5. The Morgan fingerprint density at radius 1 is 1.00 bits per heavy atom. The Labute approximate surface area is 241 Å². The number of nitrogens with one attached hydrogen (secondary N) is 2. The van der Waals surface area contributed by atoms with Crippen LogP contribution in [-0.2, 0) is 11.3 Å². The van der Waals surface area contributed by atoms with E-state index in [-0.39, 0.29) is 18.1 Å². The van der Waals surface area contributed by atoms with Crippen molar-refractivity contribution in [2.45, 2.75) is 43.0 Å². The third kappa shape index (κ3) is 7.94. The van der Waals surface area contributed by atoms with E-state index in [0.717, 1.165) is 29.7 Å². The van der Waals surface area contributed by atoms with Crippen LogP contribution in [0.15, 0.2) is 83.8 Å². The number of thioether (sulfide) groups is 1. The molecule has 0 saturated carbocycles. The molecule has 3 amide bonds. The summed E-state index contributed by atoms with van der Waals surface area (Å²) >= 11 is 1.57. The summed E-state index contributed by atoms with van der Waals surface area (Å²) in [5, 5.41) is 13.4. The molecule has 4 rings (SSSR count). The number of carboxylic acids is 1. The first kappa shape index (κ1) is 29.8. The van der Waals surface area contributed by atoms with Crippen molar-refractivity contribution < 1.29 is 28.3 Å². The molecule has 0 heterocycles. The van der Waals surface area contributed by atoms with Crippen LogP contribution in [0.3, 0.4) is 0 Å². The number of halogens is 2. The highest BCUT2D eigenvalue weighted by Gasteiger charge is 2.39. The number of allylic oxidation sites excluding steroid dienone is 2. The van der Waals surface area contributed by atoms with Crippen LogP contribution in [-0.4, -0.2) is 41.7 Å². The Balaban J connectivity index is 1.53. The standard InChI is InChI=1S/C31H31F2N3O4S/c1-41-27-9-5-8-25(18-27)35-30(40)36(26-16-14-23(15-17-26)22-6-3-2-4-7-22)19-21-10-12-24(13-11-21)28(37)34-20-31(32,33)29(38)39/h5-6,8-18H,2-4,7,19-20H2,1H3,(H,34,37)(H,35,40)(H,38,39). The fourth-order valence-corrected chi connectivity index (χ4v) is 4.90. The molecular formula is C31H31F2N3O4S. The molecule has 10 heteroatoms. The number of anilines is 2. The van der Waals surface area contributed by atoms with Crippen molar-refractivity contribution in [3.05, 3.63) is 95.6 Å². The molecule has 3 N–H and O–H groups in total. The number of hydrogen-bond donors (Lipinski definition) is 3. The summed E-state index contributed by atoms with van der Waals surface area (Å²) in [4.78, 5) is 39.0. The minimum atomic E-state index is -4.07. The number of amides is 3. The van der Waals surface area contributed by atoms with Gasteiger partial charge in [-0.1, -0.05) is 36.4 Å². The summed E-state index contributed by atoms with van der Waals surface area (Å²) in [5.74, 6) is -7.20. The summed E-state index contributed by atoms with van der Waals surface area (Å²) in [5.41, 5.74) is 4.56. The van der Waals surface area contributed by atoms with Gasteiger partial charge < -0.3 is 15.7 Å². The second-order valence-corrected chi connectivity index (χ2v) is 10.5. The van der Waals surface area contributed by atoms with Crippen molar-refractivity contribution in [3.8, 4) is 0 Å². The Morgan fingerprint density at radius 2 is 1.73 bits per heavy atom. The van der Waals surface area contributed by atoms with E-state index in [1.165, 1.54) is 24.1 Å². The van der Waals surface area contributed by atoms with E-state index in [1.54, 1.807) is 28.8 Å². The monoisotopic (exact) mass is 579 g/mol. The van der Waals surface area contributed by atoms with Crippen molar-refractivity contribution in [1.82, 2.24) is 5.32 Å². The number of nitrogens with zero attached hydrogens (tertiary/aromatic N) is 1. The predicted octanol–water partition coefficient (Wildman–Crippen LogP) is 7.05. The van der Waals surface area contributed by atoms with E-state index in [2.05, 4.69) is 11.4 Å². The molecule has 7 nitrogen and oxygen atoms in total. The van der Waals surface area contributed by atoms with Crippen LogP contribution in [0.2, 0.25) is 0 Å². The zero-order valence-electron chi connectivity index (χ0n) is 22.5. The molecule has 0 fully saturated rings. The molecule has 0 unspecified atom stereocenters. The van der Waals surface area contributed by atoms with Crippen molar-refractivity contribution in [3.63, 3.8) is 0 Å². The van der Waals surface area contributed by atoms with E-state index in [0.29, 0.717) is 16.9 Å². The maximum atomic E-state index is 13.5. The molecule has 1 aliphatic carbocycles. The smallest absolute Gasteiger partial charge is 0.376 e. The second kappa shape index (κ2) is 13.5. The van der Waals surface area contributed by atoms with E-state index < -0.39 is 24.3 Å². The highest BCUT2D eigenvalue weighted by Crippen LogP contribution is 2.29. The lowest BCUT2D eigenvalue weighted by Crippen LogP contribution is -2.42. The number of carbonyl (C=O) groups excluding carboxylic acids is 2. The van der Waals surface area contributed by atoms with Crippen molar-refractivity contribution in [2.75, 3.05) is 23.0 Å². The topological polar surface area (TPSA) is 98.7 Å². The number of carboxylic acid groups (broad SMARTS) is 1. The lowest BCUT2D eigenvalue weighted by molar-refractivity contribution is -0.163. The Kier molecular flexibility index (Phi) is 9.78. The molecule has 0 atom stereocenters. The minimum absolute atomic E-state index is 0.0879. The number of carbonyl (C=O) groups is 3. The maximum Gasteiger partial charge on any atom is 0.376 e. The number of urea groups is 1. The molecule has 3 aromatic rings. The molecule has 41 heavy (non-hydrogen) atoms. The lowest BCUT2D eigenvalue weighted by atomic mass is 9.93. The normalized spacial score (nSPS) is 13.2. The average Bonchev–Trinajstić information content (AvgIpc) is 2.99. The van der Waals surface area contributed by atoms with E-state index >= 15 is 0 Å². The van der Waals surface area contributed by atoms with Crippen LogP contribution in [0.1, 0.15) is 47.2 Å². The van der Waals surface area contributed by atoms with E-state index in [9.17, 15) is 23.2 Å². The molecule has 3 aromatic carbocycles. The summed E-state index contributed by atoms with van der Waals surface area (Å²) in [6.07, 6.45) is 8.68. The third-order valence-corrected chi connectivity index (χ3v) is 7.47. The van der Waals surface area contributed by atoms with Gasteiger partial charge in [-0.05, 0) is 91.1 Å². The minimum Gasteiger partial charge on any atom is -0.477 e. The van der Waals surface area contributed by atoms with Gasteiger partial charge in [0, 0.05) is 21.8 Å². The Morgan fingerprint density at radius 3 is 2.37 bits per heavy atom. The van der Waals surface area contributed by atoms with Crippen LogP contribution >= 0.6 is 11.8 Å². The Hall–Kier alpha value is -4.18. The molecule has 0 saturated heterocycles. The zero-order valence-corrected chi connectivity index (χ0v) is 23.3. The average molecular weight is 580 g/mol. The van der Waals surface area contributed by atoms with Gasteiger partial charge in [0.2, 0.25) is 0 Å². The molecule has 1 aliphatic rings. The van der Waals surface area contributed by atoms with Crippen LogP contribution in [0.5, 0.6) is 0 Å². The van der Waals surface area contributed by atoms with Gasteiger partial charge >= 0.3 is 17.9 Å². The van der Waals surface area contributed by atoms with Crippen molar-refractivity contribution >= 4 is 46.6 Å². The highest BCUT2D eigenvalue weighted by molar-refractivity contribution is 7.98. The molecule has 0 radical (unpaired) electrons. The lowest BCUT2D eigenvalue weighted by Gasteiger charge is -2.24. The quantitative estimate of drug-likeness (QED) is 0.224. The Bertz CT molecular complexity index is 1430. The van der Waals surface area contributed by atoms with Gasteiger partial charge in [0.15, 0.2) is 0 Å². The van der Waals surface area contributed by atoms with Gasteiger partial charge in [0.1, 0.15) is 0 Å². The van der Waals surface area contributed by atoms with Gasteiger partial charge in [-0.15, -0.1) is 11.8 Å². The summed E-state index contributed by atoms with van der Waals surface area (Å²) in [6.45, 7) is -1.14. The van der Waals surface area contributed by atoms with Gasteiger partial charge in [-0.3, -0.25) is 9.69 Å². The highest BCUT2D eigenvalue weighted by atomic mass is 32.2. The first-order valence-electron chi connectivity index (χ1n) is 13.2. The summed E-state index contributed by atoms with van der Waals surface area (Å²) in [7, 11) is 0. The zero-order chi connectivity index (χ0) is 29.4. The number of aliphatic carboxylic acids is 1. The summed E-state index contributed by atoms with van der Waals surface area (Å²) < 4.78 is 26.7. The molecule has 0 aromatic heterocycles. The SMILES string of the molecule is CSc1cccc(NC(=O)N(Cc2ccc(C(=O)NCC(F)(F)C(=O)O)cc2)c2ccc(C3=CCCCC3)cc2)c1. The molecule has 0 bridgehead atoms. The largest absolute Gasteiger partial charge is 0.477 e. The molecular weight excluding hydrogens is 548 g/mol. The van der Waals surface area contributed by atoms with Crippen molar-refractivity contribution in [1.29, 1.82) is 0 Å². The molecule has 214 valence electrons. The molecule has 0 aliphatic heterocycles. The van der Waals surface area contributed by atoms with Crippen LogP contribution in [0.4, 0.5) is 25.0 Å². The predicted molar refractivity (Wildman–Crippen MR) is 158 cm³/mol. The third-order valence-electron chi connectivity index (χ3n) is 6.75. The van der Waals surface area contributed by atoms with Gasteiger partial charge in [0.25, 0.3) is 5.91 Å². The van der Waals surface area contributed by atoms with Gasteiger partial charge in [-0.2, -0.15) is 8.78 Å². The summed E-state index contributed by atoms with van der Waals surface area (Å²) in [6, 6.07) is 21.2. The number of rotatable bonds is 10. The number of benzene rings is 3. The fourth-order valence-electron chi connectivity index (χ4n) is 4.44. The number of hydrogen-bond acceptors (Lipinski definition) is 4. The molecule has 0 spiro atoms. The van der Waals surface area contributed by atoms with E-state index in [1.807, 2.05) is 60.1 Å². The van der Waals surface area contributed by atoms with Gasteiger partial charge in [0.05, 0.1) is 13.1 Å². The second-order valence-electron chi connectivity index (χ2n) is 9.66. The van der Waals surface area contributed by atoms with Crippen LogP contribution in [0, 0.1) is 0 Å². The van der Waals surface area contributed by atoms with Crippen LogP contribution < -0.4 is 15.5 Å². The number of alkyl halides is 2. The van der Waals surface area contributed by atoms with Crippen LogP contribution in [0.25, 0.3) is 5.57 Å². The van der Waals surface area contributed by atoms with Crippen molar-refractivity contribution in [2.24, 2.45) is 0 Å².